The van der Waals surface area contributed by atoms with Crippen LogP contribution >= 0.6 is 27.7 Å². The van der Waals surface area contributed by atoms with E-state index in [-0.39, 0.29) is 10.6 Å². The topological polar surface area (TPSA) is 46.4 Å². The number of hydrogen-bond donors (Lipinski definition) is 0. The Bertz CT molecular complexity index is 422. The van der Waals surface area contributed by atoms with E-state index in [0.29, 0.717) is 4.47 Å². The van der Waals surface area contributed by atoms with Crippen LogP contribution in [0.2, 0.25) is 0 Å². The summed E-state index contributed by atoms with van der Waals surface area (Å²) in [6.45, 7) is 2.89. The summed E-state index contributed by atoms with van der Waals surface area (Å²) in [5, 5.41) is 10.8. The number of nitro benzene ring substituents is 1. The van der Waals surface area contributed by atoms with Gasteiger partial charge in [-0.3, -0.25) is 15.0 Å². The Kier molecular flexibility index (Phi) is 4.42. The maximum absolute atomic E-state index is 10.8. The smallest absolute Gasteiger partial charge is 0.283 e. The van der Waals surface area contributed by atoms with E-state index in [0.717, 1.165) is 36.7 Å². The molecule has 0 atom stereocenters. The van der Waals surface area contributed by atoms with Crippen LogP contribution in [-0.4, -0.2) is 34.4 Å². The summed E-state index contributed by atoms with van der Waals surface area (Å²) in [5.74, 6) is 2.29. The minimum atomic E-state index is -0.348. The maximum Gasteiger partial charge on any atom is 0.283 e. The summed E-state index contributed by atoms with van der Waals surface area (Å²) in [5.41, 5.74) is 1.14. The highest BCUT2D eigenvalue weighted by atomic mass is 79.9. The van der Waals surface area contributed by atoms with E-state index in [9.17, 15) is 10.1 Å². The van der Waals surface area contributed by atoms with Crippen molar-refractivity contribution in [3.05, 3.63) is 38.3 Å². The molecule has 1 heterocycles. The second-order valence-electron chi connectivity index (χ2n) is 3.90. The molecule has 0 aliphatic carbocycles. The molecule has 0 saturated carbocycles. The number of nitro groups is 1. The Balaban J connectivity index is 2.15. The molecule has 6 heteroatoms. The van der Waals surface area contributed by atoms with Crippen LogP contribution < -0.4 is 0 Å². The lowest BCUT2D eigenvalue weighted by Gasteiger charge is -2.26. The van der Waals surface area contributed by atoms with Gasteiger partial charge in [-0.2, -0.15) is 11.8 Å². The van der Waals surface area contributed by atoms with Crippen LogP contribution in [0.3, 0.4) is 0 Å². The van der Waals surface area contributed by atoms with E-state index in [2.05, 4.69) is 20.8 Å². The fourth-order valence-corrected chi connectivity index (χ4v) is 3.34. The first-order chi connectivity index (χ1) is 8.18. The van der Waals surface area contributed by atoms with Gasteiger partial charge < -0.3 is 0 Å². The molecule has 0 N–H and O–H groups in total. The predicted molar refractivity (Wildman–Crippen MR) is 73.4 cm³/mol. The van der Waals surface area contributed by atoms with Crippen LogP contribution in [-0.2, 0) is 6.54 Å². The quantitative estimate of drug-likeness (QED) is 0.635. The highest BCUT2D eigenvalue weighted by Gasteiger charge is 2.17. The Morgan fingerprint density at radius 3 is 2.76 bits per heavy atom. The first-order valence-corrected chi connectivity index (χ1v) is 7.35. The highest BCUT2D eigenvalue weighted by Crippen LogP contribution is 2.29. The lowest BCUT2D eigenvalue weighted by atomic mass is 10.2. The van der Waals surface area contributed by atoms with Crippen molar-refractivity contribution in [2.75, 3.05) is 24.6 Å². The average molecular weight is 317 g/mol. The van der Waals surface area contributed by atoms with Crippen molar-refractivity contribution in [1.29, 1.82) is 0 Å². The standard InChI is InChI=1S/C11H13BrN2O2S/c12-11-9(2-1-3-10(11)14(15)16)8-13-4-6-17-7-5-13/h1-3H,4-8H2. The van der Waals surface area contributed by atoms with Crippen molar-refractivity contribution in [3.63, 3.8) is 0 Å². The normalized spacial score (nSPS) is 17.0. The number of thioether (sulfide) groups is 1. The summed E-state index contributed by atoms with van der Waals surface area (Å²) in [7, 11) is 0. The Morgan fingerprint density at radius 1 is 1.41 bits per heavy atom. The molecule has 1 fully saturated rings. The van der Waals surface area contributed by atoms with Gasteiger partial charge in [0.05, 0.1) is 9.40 Å². The Labute approximate surface area is 113 Å². The summed E-state index contributed by atoms with van der Waals surface area (Å²) in [6.07, 6.45) is 0. The fraction of sp³-hybridized carbons (Fsp3) is 0.455. The largest absolute Gasteiger partial charge is 0.297 e. The third-order valence-corrected chi connectivity index (χ3v) is 4.61. The molecule has 2 rings (SSSR count). The Hall–Kier alpha value is -0.590. The van der Waals surface area contributed by atoms with E-state index >= 15 is 0 Å². The zero-order valence-electron chi connectivity index (χ0n) is 9.26. The SMILES string of the molecule is O=[N+]([O-])c1cccc(CN2CCSCC2)c1Br. The van der Waals surface area contributed by atoms with Crippen LogP contribution in [0, 0.1) is 10.1 Å². The van der Waals surface area contributed by atoms with Crippen molar-refractivity contribution < 1.29 is 4.92 Å². The summed E-state index contributed by atoms with van der Waals surface area (Å²) >= 11 is 5.29. The maximum atomic E-state index is 10.8. The molecule has 92 valence electrons. The van der Waals surface area contributed by atoms with Gasteiger partial charge in [0.1, 0.15) is 0 Å². The molecule has 1 aliphatic heterocycles. The molecule has 0 spiro atoms. The lowest BCUT2D eigenvalue weighted by Crippen LogP contribution is -2.32. The van der Waals surface area contributed by atoms with E-state index in [1.54, 1.807) is 6.07 Å². The molecule has 1 aliphatic rings. The fourth-order valence-electron chi connectivity index (χ4n) is 1.83. The van der Waals surface area contributed by atoms with Crippen molar-refractivity contribution in [1.82, 2.24) is 4.90 Å². The molecule has 0 aromatic heterocycles. The minimum absolute atomic E-state index is 0.147. The van der Waals surface area contributed by atoms with Gasteiger partial charge in [0.25, 0.3) is 5.69 Å². The van der Waals surface area contributed by atoms with Gasteiger partial charge in [-0.05, 0) is 21.5 Å². The molecule has 0 unspecified atom stereocenters. The molecule has 0 amide bonds. The highest BCUT2D eigenvalue weighted by molar-refractivity contribution is 9.10. The zero-order chi connectivity index (χ0) is 12.3. The number of nitrogens with zero attached hydrogens (tertiary/aromatic N) is 2. The van der Waals surface area contributed by atoms with Crippen molar-refractivity contribution in [2.24, 2.45) is 0 Å². The molecule has 1 aromatic rings. The van der Waals surface area contributed by atoms with E-state index in [1.807, 2.05) is 17.8 Å². The molecule has 0 bridgehead atoms. The second kappa shape index (κ2) is 5.84. The Morgan fingerprint density at radius 2 is 2.12 bits per heavy atom. The van der Waals surface area contributed by atoms with Crippen LogP contribution in [0.5, 0.6) is 0 Å². The number of hydrogen-bond acceptors (Lipinski definition) is 4. The van der Waals surface area contributed by atoms with Crippen molar-refractivity contribution >= 4 is 33.4 Å². The van der Waals surface area contributed by atoms with E-state index in [1.165, 1.54) is 6.07 Å². The van der Waals surface area contributed by atoms with Gasteiger partial charge in [-0.1, -0.05) is 12.1 Å². The van der Waals surface area contributed by atoms with Crippen LogP contribution in [0.25, 0.3) is 0 Å². The van der Waals surface area contributed by atoms with Crippen LogP contribution in [0.4, 0.5) is 5.69 Å². The van der Waals surface area contributed by atoms with Gasteiger partial charge in [0.2, 0.25) is 0 Å². The van der Waals surface area contributed by atoms with E-state index < -0.39 is 0 Å². The van der Waals surface area contributed by atoms with Gasteiger partial charge in [0, 0.05) is 37.2 Å². The van der Waals surface area contributed by atoms with Crippen LogP contribution in [0.1, 0.15) is 5.56 Å². The third-order valence-electron chi connectivity index (χ3n) is 2.75. The molecular weight excluding hydrogens is 304 g/mol. The monoisotopic (exact) mass is 316 g/mol. The number of rotatable bonds is 3. The predicted octanol–water partition coefficient (Wildman–Crippen LogP) is 2.91. The summed E-state index contributed by atoms with van der Waals surface area (Å²) in [4.78, 5) is 12.8. The van der Waals surface area contributed by atoms with Gasteiger partial charge in [0.15, 0.2) is 0 Å². The lowest BCUT2D eigenvalue weighted by molar-refractivity contribution is -0.385. The summed E-state index contributed by atoms with van der Waals surface area (Å²) < 4.78 is 0.614. The van der Waals surface area contributed by atoms with Gasteiger partial charge in [-0.15, -0.1) is 0 Å². The first kappa shape index (κ1) is 12.9. The number of benzene rings is 1. The second-order valence-corrected chi connectivity index (χ2v) is 5.91. The third kappa shape index (κ3) is 3.20. The first-order valence-electron chi connectivity index (χ1n) is 5.40. The molecule has 17 heavy (non-hydrogen) atoms. The average Bonchev–Trinajstić information content (AvgIpc) is 2.33. The molecule has 4 nitrogen and oxygen atoms in total. The zero-order valence-corrected chi connectivity index (χ0v) is 11.7. The van der Waals surface area contributed by atoms with Crippen molar-refractivity contribution in [2.45, 2.75) is 6.54 Å². The number of halogens is 1. The van der Waals surface area contributed by atoms with Crippen molar-refractivity contribution in [3.8, 4) is 0 Å². The van der Waals surface area contributed by atoms with Gasteiger partial charge in [-0.25, -0.2) is 0 Å². The minimum Gasteiger partial charge on any atom is -0.297 e. The molecule has 0 radical (unpaired) electrons. The van der Waals surface area contributed by atoms with Crippen LogP contribution in [0.15, 0.2) is 22.7 Å². The molecule has 1 saturated heterocycles. The van der Waals surface area contributed by atoms with E-state index in [4.69, 9.17) is 0 Å². The summed E-state index contributed by atoms with van der Waals surface area (Å²) in [6, 6.07) is 5.22. The molecule has 1 aromatic carbocycles. The molecular formula is C11H13BrN2O2S. The van der Waals surface area contributed by atoms with Gasteiger partial charge >= 0.3 is 0 Å².